The van der Waals surface area contributed by atoms with E-state index in [1.165, 1.54) is 4.88 Å². The van der Waals surface area contributed by atoms with Crippen LogP contribution in [-0.2, 0) is 19.4 Å². The Balaban J connectivity index is 1.87. The summed E-state index contributed by atoms with van der Waals surface area (Å²) in [5.74, 6) is 2.13. The number of thiazole rings is 1. The van der Waals surface area contributed by atoms with E-state index in [0.29, 0.717) is 18.0 Å². The Morgan fingerprint density at radius 2 is 2.08 bits per heavy atom. The van der Waals surface area contributed by atoms with Crippen molar-refractivity contribution >= 4 is 33.2 Å². The van der Waals surface area contributed by atoms with Gasteiger partial charge in [0.25, 0.3) is 0 Å². The molecule has 1 aromatic heterocycles. The molecule has 0 unspecified atom stereocenters. The zero-order chi connectivity index (χ0) is 18.9. The second-order valence-corrected chi connectivity index (χ2v) is 7.54. The first-order valence-electron chi connectivity index (χ1n) is 8.39. The van der Waals surface area contributed by atoms with E-state index < -0.39 is 0 Å². The minimum atomic E-state index is 0.621. The maximum atomic E-state index is 5.38. The minimum Gasteiger partial charge on any atom is -0.493 e. The maximum absolute atomic E-state index is 5.38. The van der Waals surface area contributed by atoms with E-state index >= 15 is 0 Å². The summed E-state index contributed by atoms with van der Waals surface area (Å²) in [5.41, 5.74) is 1.06. The molecule has 0 aliphatic rings. The van der Waals surface area contributed by atoms with Gasteiger partial charge >= 0.3 is 0 Å². The van der Waals surface area contributed by atoms with E-state index in [0.717, 1.165) is 40.4 Å². The standard InChI is InChI=1S/C18H25BrN4O2S/c1-5-13-11-22-16(26-13)6-7-21-18(20-2)23-10-12-8-14(19)17(25-4)15(9-12)24-3/h8-9,11H,5-7,10H2,1-4H3,(H2,20,21,23). The molecule has 142 valence electrons. The third-order valence-corrected chi connectivity index (χ3v) is 5.55. The number of aryl methyl sites for hydroxylation is 1. The lowest BCUT2D eigenvalue weighted by Crippen LogP contribution is -2.37. The summed E-state index contributed by atoms with van der Waals surface area (Å²) in [7, 11) is 5.02. The number of methoxy groups -OCH3 is 2. The number of halogens is 1. The number of hydrogen-bond acceptors (Lipinski definition) is 5. The molecule has 1 heterocycles. The highest BCUT2D eigenvalue weighted by molar-refractivity contribution is 9.10. The summed E-state index contributed by atoms with van der Waals surface area (Å²) >= 11 is 5.28. The molecule has 0 aliphatic heterocycles. The van der Waals surface area contributed by atoms with Gasteiger partial charge in [0.1, 0.15) is 0 Å². The molecule has 0 saturated heterocycles. The molecule has 6 nitrogen and oxygen atoms in total. The average molecular weight is 441 g/mol. The van der Waals surface area contributed by atoms with Crippen molar-refractivity contribution in [3.8, 4) is 11.5 Å². The molecule has 2 N–H and O–H groups in total. The molecule has 2 aromatic rings. The van der Waals surface area contributed by atoms with Crippen LogP contribution >= 0.6 is 27.3 Å². The number of nitrogens with zero attached hydrogens (tertiary/aromatic N) is 2. The summed E-state index contributed by atoms with van der Waals surface area (Å²) < 4.78 is 11.6. The third-order valence-electron chi connectivity index (χ3n) is 3.76. The number of aliphatic imine (C=N–C) groups is 1. The lowest BCUT2D eigenvalue weighted by atomic mass is 10.2. The molecule has 0 spiro atoms. The van der Waals surface area contributed by atoms with Gasteiger partial charge in [-0.05, 0) is 40.0 Å². The van der Waals surface area contributed by atoms with Crippen LogP contribution in [0.3, 0.4) is 0 Å². The minimum absolute atomic E-state index is 0.621. The van der Waals surface area contributed by atoms with Gasteiger partial charge in [-0.2, -0.15) is 0 Å². The normalized spacial score (nSPS) is 11.3. The van der Waals surface area contributed by atoms with Crippen LogP contribution in [0.4, 0.5) is 0 Å². The van der Waals surface area contributed by atoms with Crippen LogP contribution in [0, 0.1) is 0 Å². The van der Waals surface area contributed by atoms with Gasteiger partial charge in [0.05, 0.1) is 23.7 Å². The van der Waals surface area contributed by atoms with E-state index in [1.807, 2.05) is 18.3 Å². The van der Waals surface area contributed by atoms with Crippen molar-refractivity contribution in [1.82, 2.24) is 15.6 Å². The zero-order valence-corrected chi connectivity index (χ0v) is 18.0. The summed E-state index contributed by atoms with van der Waals surface area (Å²) in [6.45, 7) is 3.55. The summed E-state index contributed by atoms with van der Waals surface area (Å²) in [6.07, 6.45) is 3.88. The van der Waals surface area contributed by atoms with Crippen molar-refractivity contribution < 1.29 is 9.47 Å². The summed E-state index contributed by atoms with van der Waals surface area (Å²) in [6, 6.07) is 3.95. The molecule has 0 radical (unpaired) electrons. The van der Waals surface area contributed by atoms with E-state index in [1.54, 1.807) is 32.6 Å². The van der Waals surface area contributed by atoms with Crippen LogP contribution in [-0.4, -0.2) is 38.8 Å². The number of aromatic nitrogens is 1. The highest BCUT2D eigenvalue weighted by Gasteiger charge is 2.11. The van der Waals surface area contributed by atoms with Gasteiger partial charge in [-0.25, -0.2) is 4.98 Å². The maximum Gasteiger partial charge on any atom is 0.191 e. The van der Waals surface area contributed by atoms with Crippen LogP contribution in [0.15, 0.2) is 27.8 Å². The lowest BCUT2D eigenvalue weighted by Gasteiger charge is -2.14. The summed E-state index contributed by atoms with van der Waals surface area (Å²) in [4.78, 5) is 10.0. The molecule has 0 bridgehead atoms. The highest BCUT2D eigenvalue weighted by atomic mass is 79.9. The Kier molecular flexibility index (Phi) is 8.18. The largest absolute Gasteiger partial charge is 0.493 e. The molecule has 1 aromatic carbocycles. The van der Waals surface area contributed by atoms with Gasteiger partial charge in [-0.3, -0.25) is 4.99 Å². The van der Waals surface area contributed by atoms with Gasteiger partial charge in [0, 0.05) is 37.6 Å². The van der Waals surface area contributed by atoms with Crippen molar-refractivity contribution in [2.75, 3.05) is 27.8 Å². The smallest absolute Gasteiger partial charge is 0.191 e. The first-order valence-corrected chi connectivity index (χ1v) is 10.0. The second kappa shape index (κ2) is 10.4. The fourth-order valence-corrected chi connectivity index (χ4v) is 3.91. The van der Waals surface area contributed by atoms with Gasteiger partial charge < -0.3 is 20.1 Å². The predicted molar refractivity (Wildman–Crippen MR) is 111 cm³/mol. The third kappa shape index (κ3) is 5.60. The Morgan fingerprint density at radius 3 is 2.69 bits per heavy atom. The van der Waals surface area contributed by atoms with Gasteiger partial charge in [0.2, 0.25) is 0 Å². The number of benzene rings is 1. The Morgan fingerprint density at radius 1 is 1.27 bits per heavy atom. The molecule has 0 aliphatic carbocycles. The van der Waals surface area contributed by atoms with E-state index in [4.69, 9.17) is 9.47 Å². The van der Waals surface area contributed by atoms with E-state index in [-0.39, 0.29) is 0 Å². The molecule has 2 rings (SSSR count). The van der Waals surface area contributed by atoms with Gasteiger partial charge in [0.15, 0.2) is 17.5 Å². The SMILES string of the molecule is CCc1cnc(CCNC(=NC)NCc2cc(Br)c(OC)c(OC)c2)s1. The fraction of sp³-hybridized carbons (Fsp3) is 0.444. The lowest BCUT2D eigenvalue weighted by molar-refractivity contribution is 0.352. The molecule has 0 atom stereocenters. The van der Waals surface area contributed by atoms with Crippen LogP contribution in [0.1, 0.15) is 22.4 Å². The van der Waals surface area contributed by atoms with Gasteiger partial charge in [-0.15, -0.1) is 11.3 Å². The summed E-state index contributed by atoms with van der Waals surface area (Å²) in [5, 5.41) is 7.78. The van der Waals surface area contributed by atoms with Crippen molar-refractivity contribution in [3.63, 3.8) is 0 Å². The topological polar surface area (TPSA) is 67.8 Å². The van der Waals surface area contributed by atoms with Crippen LogP contribution in [0.5, 0.6) is 11.5 Å². The Labute approximate surface area is 167 Å². The number of nitrogens with one attached hydrogen (secondary N) is 2. The number of rotatable bonds is 8. The van der Waals surface area contributed by atoms with Crippen molar-refractivity contribution in [2.24, 2.45) is 4.99 Å². The monoisotopic (exact) mass is 440 g/mol. The average Bonchev–Trinajstić information content (AvgIpc) is 3.11. The van der Waals surface area contributed by atoms with E-state index in [9.17, 15) is 0 Å². The van der Waals surface area contributed by atoms with Crippen molar-refractivity contribution in [2.45, 2.75) is 26.3 Å². The molecule has 0 amide bonds. The molecule has 26 heavy (non-hydrogen) atoms. The van der Waals surface area contributed by atoms with Crippen molar-refractivity contribution in [1.29, 1.82) is 0 Å². The Hall–Kier alpha value is -1.80. The van der Waals surface area contributed by atoms with Crippen LogP contribution in [0.25, 0.3) is 0 Å². The number of ether oxygens (including phenoxy) is 2. The fourth-order valence-electron chi connectivity index (χ4n) is 2.39. The molecule has 0 fully saturated rings. The Bertz CT molecular complexity index is 749. The quantitative estimate of drug-likeness (QED) is 0.486. The van der Waals surface area contributed by atoms with Crippen LogP contribution in [0.2, 0.25) is 0 Å². The predicted octanol–water partition coefficient (Wildman–Crippen LogP) is 3.39. The number of guanidine groups is 1. The van der Waals surface area contributed by atoms with E-state index in [2.05, 4.69) is 43.5 Å². The first-order chi connectivity index (χ1) is 12.6. The molecule has 8 heteroatoms. The molecular formula is C18H25BrN4O2S. The van der Waals surface area contributed by atoms with Crippen molar-refractivity contribution in [3.05, 3.63) is 38.3 Å². The second-order valence-electron chi connectivity index (χ2n) is 5.49. The highest BCUT2D eigenvalue weighted by Crippen LogP contribution is 2.36. The first kappa shape index (κ1) is 20.5. The van der Waals surface area contributed by atoms with Crippen LogP contribution < -0.4 is 20.1 Å². The molecule has 0 saturated carbocycles. The molecular weight excluding hydrogens is 416 g/mol. The number of hydrogen-bond donors (Lipinski definition) is 2. The van der Waals surface area contributed by atoms with Gasteiger partial charge in [-0.1, -0.05) is 6.92 Å². The zero-order valence-electron chi connectivity index (χ0n) is 15.6.